The van der Waals surface area contributed by atoms with Crippen LogP contribution in [0.1, 0.15) is 29.5 Å². The van der Waals surface area contributed by atoms with E-state index >= 15 is 0 Å². The van der Waals surface area contributed by atoms with Gasteiger partial charge in [-0.1, -0.05) is 26.0 Å². The number of thiophene rings is 1. The van der Waals surface area contributed by atoms with E-state index in [0.29, 0.717) is 40.7 Å². The highest BCUT2D eigenvalue weighted by Crippen LogP contribution is 3.02. The van der Waals surface area contributed by atoms with Crippen LogP contribution in [0.15, 0.2) is 48.0 Å². The molecule has 0 bridgehead atoms. The Hall–Kier alpha value is -3.27. The number of rotatable bonds is 6. The van der Waals surface area contributed by atoms with Crippen molar-refractivity contribution in [2.45, 2.75) is 36.9 Å². The van der Waals surface area contributed by atoms with Crippen molar-refractivity contribution in [3.05, 3.63) is 53.6 Å². The average molecular weight is 590 g/mol. The zero-order chi connectivity index (χ0) is 28.4. The van der Waals surface area contributed by atoms with Crippen LogP contribution in [0.5, 0.6) is 0 Å². The van der Waals surface area contributed by atoms with Gasteiger partial charge in [-0.25, -0.2) is 9.78 Å². The second-order valence-corrected chi connectivity index (χ2v) is 12.9. The van der Waals surface area contributed by atoms with Crippen LogP contribution in [0.3, 0.4) is 0 Å². The van der Waals surface area contributed by atoms with Gasteiger partial charge in [-0.3, -0.25) is 15.0 Å². The van der Waals surface area contributed by atoms with E-state index in [9.17, 15) is 34.1 Å². The average Bonchev–Trinajstić information content (AvgIpc) is 3.22. The maximum Gasteiger partial charge on any atom is 0.331 e. The third-order valence-corrected chi connectivity index (χ3v) is 8.97. The molecule has 2 aromatic heterocycles. The summed E-state index contributed by atoms with van der Waals surface area (Å²) in [6.45, 7) is 5.65. The lowest BCUT2D eigenvalue weighted by molar-refractivity contribution is -0.127. The molecule has 1 unspecified atom stereocenters. The van der Waals surface area contributed by atoms with E-state index in [1.807, 2.05) is 0 Å². The van der Waals surface area contributed by atoms with E-state index in [-0.39, 0.29) is 40.6 Å². The third-order valence-electron chi connectivity index (χ3n) is 6.68. The molecule has 2 aliphatic rings. The number of benzene rings is 1. The van der Waals surface area contributed by atoms with E-state index in [2.05, 4.69) is 22.2 Å². The standard InChI is InChI=1S/C24H24F5N5O3S2/c1-3-18(35)33-10-4-5-14(12-33)31-22(36)21-20-19-17(8-9-30-23(19)38-21)34(24(37)32-20)16-7-6-15(11-13(16)2)39(25,26,27,28)29/h3,6-9,11,14,22,31,36H,1,4-5,10,12H2,2H3,(H,32,37)/t14-,22?/m1/s1. The van der Waals surface area contributed by atoms with Crippen molar-refractivity contribution >= 4 is 60.8 Å². The number of aliphatic hydroxyl groups is 1. The largest absolute Gasteiger partial charge is 0.373 e. The van der Waals surface area contributed by atoms with E-state index in [1.165, 1.54) is 25.3 Å². The Labute approximate surface area is 223 Å². The van der Waals surface area contributed by atoms with Gasteiger partial charge in [-0.05, 0) is 55.7 Å². The Morgan fingerprint density at radius 2 is 2.03 bits per heavy atom. The molecule has 210 valence electrons. The Kier molecular flexibility index (Phi) is 6.03. The Morgan fingerprint density at radius 1 is 1.28 bits per heavy atom. The number of hydrogen-bond acceptors (Lipinski definition) is 6. The zero-order valence-electron chi connectivity index (χ0n) is 20.5. The van der Waals surface area contributed by atoms with Gasteiger partial charge in [0, 0.05) is 25.3 Å². The lowest BCUT2D eigenvalue weighted by Crippen LogP contribution is -2.48. The molecule has 0 spiro atoms. The van der Waals surface area contributed by atoms with Crippen LogP contribution in [-0.4, -0.2) is 46.1 Å². The molecule has 2 aliphatic heterocycles. The number of aromatic nitrogens is 1. The molecule has 2 atom stereocenters. The molecule has 3 amide bonds. The van der Waals surface area contributed by atoms with Crippen LogP contribution >= 0.6 is 21.6 Å². The SMILES string of the molecule is C=CC(=O)N1CCC[C@@H](NC(O)c2sc3nccc4c3c2NC(=O)N4c2ccc(S(F)(F)(F)(F)F)cc2C)C1. The fraction of sp³-hybridized carbons (Fsp3) is 0.292. The fourth-order valence-electron chi connectivity index (χ4n) is 4.90. The Balaban J connectivity index is 1.49. The number of aliphatic hydroxyl groups excluding tert-OH is 1. The molecule has 0 aliphatic carbocycles. The van der Waals surface area contributed by atoms with Crippen LogP contribution in [0.25, 0.3) is 10.2 Å². The van der Waals surface area contributed by atoms with Crippen LogP contribution < -0.4 is 15.5 Å². The van der Waals surface area contributed by atoms with E-state index in [4.69, 9.17) is 0 Å². The minimum Gasteiger partial charge on any atom is -0.373 e. The second-order valence-electron chi connectivity index (χ2n) is 9.43. The fourth-order valence-corrected chi connectivity index (χ4v) is 6.69. The normalized spacial score (nSPS) is 20.3. The highest BCUT2D eigenvalue weighted by atomic mass is 32.5. The summed E-state index contributed by atoms with van der Waals surface area (Å²) in [5.41, 5.74) is 0.363. The highest BCUT2D eigenvalue weighted by molar-refractivity contribution is 8.45. The van der Waals surface area contributed by atoms with Gasteiger partial charge in [0.15, 0.2) is 0 Å². The number of piperidine rings is 1. The molecule has 0 saturated carbocycles. The summed E-state index contributed by atoms with van der Waals surface area (Å²) in [7, 11) is -9.91. The molecule has 3 aromatic rings. The lowest BCUT2D eigenvalue weighted by atomic mass is 10.0. The number of pyridine rings is 1. The van der Waals surface area contributed by atoms with Crippen molar-refractivity contribution in [2.75, 3.05) is 23.3 Å². The minimum atomic E-state index is -9.91. The van der Waals surface area contributed by atoms with Crippen molar-refractivity contribution in [3.63, 3.8) is 0 Å². The van der Waals surface area contributed by atoms with Gasteiger partial charge in [-0.15, -0.1) is 11.3 Å². The number of likely N-dealkylation sites (tertiary alicyclic amines) is 1. The number of carbonyl (C=O) groups is 2. The van der Waals surface area contributed by atoms with Gasteiger partial charge < -0.3 is 15.3 Å². The first-order valence-electron chi connectivity index (χ1n) is 11.8. The minimum absolute atomic E-state index is 0.0168. The van der Waals surface area contributed by atoms with Crippen LogP contribution in [-0.2, 0) is 4.79 Å². The molecule has 39 heavy (non-hydrogen) atoms. The topological polar surface area (TPSA) is 97.8 Å². The number of nitrogens with one attached hydrogen (secondary N) is 2. The summed E-state index contributed by atoms with van der Waals surface area (Å²) in [6, 6.07) is 1.94. The number of amides is 3. The van der Waals surface area contributed by atoms with Gasteiger partial charge in [0.25, 0.3) is 0 Å². The van der Waals surface area contributed by atoms with E-state index < -0.39 is 27.4 Å². The first-order chi connectivity index (χ1) is 18.1. The van der Waals surface area contributed by atoms with Gasteiger partial charge in [0.1, 0.15) is 16.0 Å². The number of carbonyl (C=O) groups excluding carboxylic acids is 2. The molecule has 15 heteroatoms. The molecule has 3 N–H and O–H groups in total. The van der Waals surface area contributed by atoms with Crippen molar-refractivity contribution in [3.8, 4) is 0 Å². The lowest BCUT2D eigenvalue weighted by Gasteiger charge is -2.41. The molecular weight excluding hydrogens is 565 g/mol. The molecule has 1 saturated heterocycles. The number of aryl methyl sites for hydroxylation is 1. The summed E-state index contributed by atoms with van der Waals surface area (Å²) < 4.78 is 66.7. The summed E-state index contributed by atoms with van der Waals surface area (Å²) in [5, 5.41) is 17.3. The van der Waals surface area contributed by atoms with Crippen molar-refractivity contribution in [1.82, 2.24) is 15.2 Å². The number of halogens is 5. The Bertz CT molecular complexity index is 1530. The van der Waals surface area contributed by atoms with Crippen LogP contribution in [0.2, 0.25) is 0 Å². The number of hydrogen-bond donors (Lipinski definition) is 3. The predicted molar refractivity (Wildman–Crippen MR) is 141 cm³/mol. The number of nitrogens with zero attached hydrogens (tertiary/aromatic N) is 3. The van der Waals surface area contributed by atoms with Gasteiger partial charge in [0.2, 0.25) is 5.91 Å². The summed E-state index contributed by atoms with van der Waals surface area (Å²) in [4.78, 5) is 31.0. The van der Waals surface area contributed by atoms with Crippen LogP contribution in [0.4, 0.5) is 41.3 Å². The molecule has 1 aromatic carbocycles. The Morgan fingerprint density at radius 3 is 2.69 bits per heavy atom. The molecule has 5 rings (SSSR count). The summed E-state index contributed by atoms with van der Waals surface area (Å²) in [6.07, 6.45) is 2.85. The molecular formula is C24H24F5N5O3S2. The first kappa shape index (κ1) is 27.3. The van der Waals surface area contributed by atoms with Gasteiger partial charge in [-0.2, -0.15) is 0 Å². The third kappa shape index (κ3) is 5.06. The van der Waals surface area contributed by atoms with Crippen LogP contribution in [0, 0.1) is 6.92 Å². The zero-order valence-corrected chi connectivity index (χ0v) is 22.1. The summed E-state index contributed by atoms with van der Waals surface area (Å²) in [5.74, 6) is -0.210. The maximum atomic E-state index is 13.3. The summed E-state index contributed by atoms with van der Waals surface area (Å²) >= 11 is 1.11. The number of urea groups is 1. The second kappa shape index (κ2) is 8.61. The van der Waals surface area contributed by atoms with Gasteiger partial charge in [0.05, 0.1) is 27.3 Å². The quantitative estimate of drug-likeness (QED) is 0.169. The molecule has 8 nitrogen and oxygen atoms in total. The highest BCUT2D eigenvalue weighted by Gasteiger charge is 2.65. The van der Waals surface area contributed by atoms with E-state index in [0.717, 1.165) is 28.7 Å². The predicted octanol–water partition coefficient (Wildman–Crippen LogP) is 6.70. The first-order valence-corrected chi connectivity index (χ1v) is 14.6. The van der Waals surface area contributed by atoms with Crippen molar-refractivity contribution < 1.29 is 34.1 Å². The van der Waals surface area contributed by atoms with Crippen molar-refractivity contribution in [1.29, 1.82) is 0 Å². The molecule has 0 radical (unpaired) electrons. The maximum absolute atomic E-state index is 13.3. The van der Waals surface area contributed by atoms with Gasteiger partial charge >= 0.3 is 16.3 Å². The molecule has 4 heterocycles. The molecule has 1 fully saturated rings. The van der Waals surface area contributed by atoms with E-state index in [1.54, 1.807) is 4.90 Å². The smallest absolute Gasteiger partial charge is 0.331 e. The van der Waals surface area contributed by atoms with Crippen molar-refractivity contribution in [2.24, 2.45) is 0 Å². The number of anilines is 3. The monoisotopic (exact) mass is 589 g/mol.